The fourth-order valence-electron chi connectivity index (χ4n) is 2.66. The van der Waals surface area contributed by atoms with Gasteiger partial charge in [-0.1, -0.05) is 36.4 Å². The van der Waals surface area contributed by atoms with Crippen LogP contribution in [0.2, 0.25) is 0 Å². The van der Waals surface area contributed by atoms with E-state index >= 15 is 0 Å². The molecule has 6 heteroatoms. The van der Waals surface area contributed by atoms with Crippen LogP contribution in [0.25, 0.3) is 11.0 Å². The lowest BCUT2D eigenvalue weighted by atomic mass is 10.1. The summed E-state index contributed by atoms with van der Waals surface area (Å²) in [5.74, 6) is 0.985. The number of nitrogens with zero attached hydrogens (tertiary/aromatic N) is 1. The molecule has 24 heavy (non-hydrogen) atoms. The fourth-order valence-corrected chi connectivity index (χ4v) is 3.72. The van der Waals surface area contributed by atoms with Crippen LogP contribution in [0.4, 0.5) is 0 Å². The van der Waals surface area contributed by atoms with Crippen LogP contribution < -0.4 is 4.72 Å². The Labute approximate surface area is 142 Å². The second-order valence-corrected chi connectivity index (χ2v) is 7.80. The van der Waals surface area contributed by atoms with E-state index in [9.17, 15) is 8.42 Å². The molecule has 0 unspecified atom stereocenters. The Balaban J connectivity index is 1.52. The molecule has 0 radical (unpaired) electrons. The van der Waals surface area contributed by atoms with Gasteiger partial charge in [0.2, 0.25) is 10.0 Å². The third kappa shape index (κ3) is 4.43. The van der Waals surface area contributed by atoms with E-state index in [-0.39, 0.29) is 5.75 Å². The first kappa shape index (κ1) is 16.7. The molecule has 0 aliphatic rings. The minimum atomic E-state index is -3.26. The van der Waals surface area contributed by atoms with E-state index in [0.717, 1.165) is 28.0 Å². The van der Waals surface area contributed by atoms with Crippen molar-refractivity contribution in [1.82, 2.24) is 14.7 Å². The van der Waals surface area contributed by atoms with Crippen LogP contribution in [0, 0.1) is 6.92 Å². The Morgan fingerprint density at radius 3 is 2.62 bits per heavy atom. The summed E-state index contributed by atoms with van der Waals surface area (Å²) in [6, 6.07) is 15.6. The molecule has 0 atom stereocenters. The first-order valence-corrected chi connectivity index (χ1v) is 9.63. The summed E-state index contributed by atoms with van der Waals surface area (Å²) in [5, 5.41) is 0. The van der Waals surface area contributed by atoms with Gasteiger partial charge in [-0.15, -0.1) is 0 Å². The van der Waals surface area contributed by atoms with Crippen molar-refractivity contribution in [2.45, 2.75) is 19.8 Å². The Hall–Kier alpha value is -2.18. The average molecular weight is 343 g/mol. The number of rotatable bonds is 7. The normalized spacial score (nSPS) is 11.9. The number of benzene rings is 2. The van der Waals surface area contributed by atoms with Crippen LogP contribution in [0.5, 0.6) is 0 Å². The molecule has 0 saturated heterocycles. The Morgan fingerprint density at radius 2 is 1.83 bits per heavy atom. The molecule has 5 nitrogen and oxygen atoms in total. The number of hydrogen-bond acceptors (Lipinski definition) is 3. The van der Waals surface area contributed by atoms with Crippen LogP contribution >= 0.6 is 0 Å². The van der Waals surface area contributed by atoms with Crippen molar-refractivity contribution in [3.05, 3.63) is 65.5 Å². The van der Waals surface area contributed by atoms with E-state index < -0.39 is 10.0 Å². The number of aromatic nitrogens is 2. The zero-order valence-corrected chi connectivity index (χ0v) is 14.4. The van der Waals surface area contributed by atoms with Crippen molar-refractivity contribution in [3.8, 4) is 0 Å². The van der Waals surface area contributed by atoms with Gasteiger partial charge in [0.15, 0.2) is 0 Å². The quantitative estimate of drug-likeness (QED) is 0.692. The van der Waals surface area contributed by atoms with Gasteiger partial charge in [0.25, 0.3) is 0 Å². The van der Waals surface area contributed by atoms with E-state index in [2.05, 4.69) is 14.7 Å². The third-order valence-corrected chi connectivity index (χ3v) is 5.29. The summed E-state index contributed by atoms with van der Waals surface area (Å²) in [4.78, 5) is 7.55. The highest BCUT2D eigenvalue weighted by molar-refractivity contribution is 7.89. The second-order valence-electron chi connectivity index (χ2n) is 5.87. The van der Waals surface area contributed by atoms with Crippen molar-refractivity contribution in [2.24, 2.45) is 0 Å². The Morgan fingerprint density at radius 1 is 1.04 bits per heavy atom. The molecule has 2 aromatic carbocycles. The highest BCUT2D eigenvalue weighted by Gasteiger charge is 2.10. The molecule has 0 saturated carbocycles. The zero-order valence-electron chi connectivity index (χ0n) is 13.6. The van der Waals surface area contributed by atoms with Gasteiger partial charge in [0.1, 0.15) is 5.82 Å². The average Bonchev–Trinajstić information content (AvgIpc) is 2.93. The first-order valence-electron chi connectivity index (χ1n) is 7.98. The predicted octanol–water partition coefficient (Wildman–Crippen LogP) is 2.58. The predicted molar refractivity (Wildman–Crippen MR) is 96.5 cm³/mol. The molecule has 1 heterocycles. The van der Waals surface area contributed by atoms with E-state index in [1.54, 1.807) is 0 Å². The lowest BCUT2D eigenvalue weighted by Gasteiger charge is -2.07. The van der Waals surface area contributed by atoms with Gasteiger partial charge < -0.3 is 4.98 Å². The van der Waals surface area contributed by atoms with E-state index in [0.29, 0.717) is 19.4 Å². The minimum Gasteiger partial charge on any atom is -0.342 e. The highest BCUT2D eigenvalue weighted by Crippen LogP contribution is 2.13. The molecule has 0 amide bonds. The molecule has 0 spiro atoms. The monoisotopic (exact) mass is 343 g/mol. The van der Waals surface area contributed by atoms with Crippen LogP contribution in [-0.2, 0) is 22.9 Å². The largest absolute Gasteiger partial charge is 0.342 e. The van der Waals surface area contributed by atoms with Gasteiger partial charge in [-0.05, 0) is 43.0 Å². The third-order valence-electron chi connectivity index (χ3n) is 3.90. The fraction of sp³-hybridized carbons (Fsp3) is 0.278. The SMILES string of the molecule is Cc1nc2ccc(CCNS(=O)(=O)CCc3ccccc3)cc2[nH]1. The van der Waals surface area contributed by atoms with Gasteiger partial charge in [-0.2, -0.15) is 0 Å². The number of imidazole rings is 1. The molecule has 2 N–H and O–H groups in total. The number of H-pyrrole nitrogens is 1. The summed E-state index contributed by atoms with van der Waals surface area (Å²) in [7, 11) is -3.26. The molecular formula is C18H21N3O2S. The number of aromatic amines is 1. The topological polar surface area (TPSA) is 74.8 Å². The Bertz CT molecular complexity index is 918. The molecule has 3 rings (SSSR count). The molecule has 0 bridgehead atoms. The van der Waals surface area contributed by atoms with Gasteiger partial charge in [-0.3, -0.25) is 0 Å². The van der Waals surface area contributed by atoms with Crippen molar-refractivity contribution >= 4 is 21.1 Å². The lowest BCUT2D eigenvalue weighted by molar-refractivity contribution is 0.581. The molecular weight excluding hydrogens is 322 g/mol. The maximum absolute atomic E-state index is 12.1. The summed E-state index contributed by atoms with van der Waals surface area (Å²) in [6.45, 7) is 2.32. The minimum absolute atomic E-state index is 0.107. The molecule has 3 aromatic rings. The number of hydrogen-bond donors (Lipinski definition) is 2. The van der Waals surface area contributed by atoms with E-state index in [1.807, 2.05) is 55.5 Å². The summed E-state index contributed by atoms with van der Waals surface area (Å²) in [5.41, 5.74) is 4.02. The van der Waals surface area contributed by atoms with Crippen LogP contribution in [0.15, 0.2) is 48.5 Å². The summed E-state index contributed by atoms with van der Waals surface area (Å²) >= 11 is 0. The standard InChI is InChI=1S/C18H21N3O2S/c1-14-20-17-8-7-16(13-18(17)21-14)9-11-19-24(22,23)12-10-15-5-3-2-4-6-15/h2-8,13,19H,9-12H2,1H3,(H,20,21). The molecule has 126 valence electrons. The summed E-state index contributed by atoms with van der Waals surface area (Å²) in [6.07, 6.45) is 1.17. The van der Waals surface area contributed by atoms with E-state index in [4.69, 9.17) is 0 Å². The van der Waals surface area contributed by atoms with Crippen LogP contribution in [-0.4, -0.2) is 30.7 Å². The Kier molecular flexibility index (Phi) is 4.97. The van der Waals surface area contributed by atoms with Gasteiger partial charge in [-0.25, -0.2) is 18.1 Å². The van der Waals surface area contributed by atoms with Crippen molar-refractivity contribution < 1.29 is 8.42 Å². The number of aryl methyl sites for hydroxylation is 2. The van der Waals surface area contributed by atoms with Gasteiger partial charge in [0.05, 0.1) is 16.8 Å². The van der Waals surface area contributed by atoms with Crippen molar-refractivity contribution in [2.75, 3.05) is 12.3 Å². The van der Waals surface area contributed by atoms with Gasteiger partial charge in [0, 0.05) is 6.54 Å². The first-order chi connectivity index (χ1) is 11.5. The highest BCUT2D eigenvalue weighted by atomic mass is 32.2. The lowest BCUT2D eigenvalue weighted by Crippen LogP contribution is -2.29. The van der Waals surface area contributed by atoms with Crippen LogP contribution in [0.3, 0.4) is 0 Å². The maximum atomic E-state index is 12.1. The van der Waals surface area contributed by atoms with E-state index in [1.165, 1.54) is 0 Å². The van der Waals surface area contributed by atoms with Crippen molar-refractivity contribution in [1.29, 1.82) is 0 Å². The smallest absolute Gasteiger partial charge is 0.211 e. The number of fused-ring (bicyclic) bond motifs is 1. The summed E-state index contributed by atoms with van der Waals surface area (Å²) < 4.78 is 26.8. The number of sulfonamides is 1. The molecule has 1 aromatic heterocycles. The molecule has 0 aliphatic heterocycles. The number of nitrogens with one attached hydrogen (secondary N) is 2. The molecule has 0 aliphatic carbocycles. The maximum Gasteiger partial charge on any atom is 0.211 e. The zero-order chi connectivity index (χ0) is 17.0. The van der Waals surface area contributed by atoms with Crippen LogP contribution in [0.1, 0.15) is 17.0 Å². The van der Waals surface area contributed by atoms with Gasteiger partial charge >= 0.3 is 0 Å². The molecule has 0 fully saturated rings. The second kappa shape index (κ2) is 7.15. The van der Waals surface area contributed by atoms with Crippen molar-refractivity contribution in [3.63, 3.8) is 0 Å².